The lowest BCUT2D eigenvalue weighted by Crippen LogP contribution is -2.26. The number of anilines is 2. The first-order chi connectivity index (χ1) is 6.16. The summed E-state index contributed by atoms with van der Waals surface area (Å²) >= 11 is 0. The van der Waals surface area contributed by atoms with Gasteiger partial charge in [0.2, 0.25) is 11.9 Å². The van der Waals surface area contributed by atoms with E-state index in [1.165, 1.54) is 4.90 Å². The normalized spacial score (nSPS) is 22.7. The molecule has 1 aliphatic heterocycles. The number of H-pyrrole nitrogens is 1. The molecule has 1 aromatic rings. The van der Waals surface area contributed by atoms with Gasteiger partial charge in [0.25, 0.3) is 5.95 Å². The van der Waals surface area contributed by atoms with Crippen LogP contribution in [0.5, 0.6) is 0 Å². The molecule has 0 aromatic carbocycles. The van der Waals surface area contributed by atoms with Crippen molar-refractivity contribution in [3.05, 3.63) is 0 Å². The number of carbonyl (C=O) groups excluding carboxylic acids is 1. The summed E-state index contributed by atoms with van der Waals surface area (Å²) in [5.74, 6) is 0.190. The molecular formula is C6H9N5O2. The van der Waals surface area contributed by atoms with Crippen molar-refractivity contribution in [2.24, 2.45) is 0 Å². The zero-order valence-electron chi connectivity index (χ0n) is 6.77. The van der Waals surface area contributed by atoms with Crippen LogP contribution in [-0.2, 0) is 4.79 Å². The second-order valence-corrected chi connectivity index (χ2v) is 2.88. The van der Waals surface area contributed by atoms with Crippen molar-refractivity contribution in [2.75, 3.05) is 17.2 Å². The van der Waals surface area contributed by atoms with E-state index in [-0.39, 0.29) is 30.8 Å². The summed E-state index contributed by atoms with van der Waals surface area (Å²) in [4.78, 5) is 16.3. The highest BCUT2D eigenvalue weighted by Crippen LogP contribution is 2.17. The first-order valence-electron chi connectivity index (χ1n) is 3.83. The SMILES string of the molecule is Nc1nc(N2CC(O)CC2=O)n[nH]1. The van der Waals surface area contributed by atoms with Crippen LogP contribution in [0.3, 0.4) is 0 Å². The van der Waals surface area contributed by atoms with Gasteiger partial charge < -0.3 is 10.8 Å². The lowest BCUT2D eigenvalue weighted by molar-refractivity contribution is -0.117. The van der Waals surface area contributed by atoms with Gasteiger partial charge in [-0.1, -0.05) is 0 Å². The minimum Gasteiger partial charge on any atom is -0.391 e. The van der Waals surface area contributed by atoms with Crippen molar-refractivity contribution in [1.29, 1.82) is 0 Å². The number of nitrogens with zero attached hydrogens (tertiary/aromatic N) is 3. The molecule has 13 heavy (non-hydrogen) atoms. The average molecular weight is 183 g/mol. The number of carbonyl (C=O) groups is 1. The Kier molecular flexibility index (Phi) is 1.66. The molecule has 2 heterocycles. The second kappa shape index (κ2) is 2.70. The number of amides is 1. The first kappa shape index (κ1) is 7.99. The Bertz CT molecular complexity index is 336. The topological polar surface area (TPSA) is 108 Å². The smallest absolute Gasteiger partial charge is 0.253 e. The lowest BCUT2D eigenvalue weighted by atomic mass is 10.3. The van der Waals surface area contributed by atoms with Crippen LogP contribution in [-0.4, -0.2) is 38.8 Å². The summed E-state index contributed by atoms with van der Waals surface area (Å²) in [6, 6.07) is 0. The van der Waals surface area contributed by atoms with Crippen LogP contribution in [0.1, 0.15) is 6.42 Å². The summed E-state index contributed by atoms with van der Waals surface area (Å²) in [7, 11) is 0. The van der Waals surface area contributed by atoms with Crippen molar-refractivity contribution in [3.63, 3.8) is 0 Å². The van der Waals surface area contributed by atoms with Crippen LogP contribution in [0.25, 0.3) is 0 Å². The quantitative estimate of drug-likeness (QED) is 0.490. The van der Waals surface area contributed by atoms with Crippen LogP contribution < -0.4 is 10.6 Å². The molecule has 1 amide bonds. The van der Waals surface area contributed by atoms with E-state index in [4.69, 9.17) is 5.73 Å². The minimum atomic E-state index is -0.632. The third-order valence-electron chi connectivity index (χ3n) is 1.84. The van der Waals surface area contributed by atoms with Crippen LogP contribution in [0.15, 0.2) is 0 Å². The number of aliphatic hydroxyl groups excluding tert-OH is 1. The van der Waals surface area contributed by atoms with E-state index in [0.29, 0.717) is 0 Å². The van der Waals surface area contributed by atoms with E-state index in [1.807, 2.05) is 0 Å². The molecule has 4 N–H and O–H groups in total. The van der Waals surface area contributed by atoms with Gasteiger partial charge in [0, 0.05) is 0 Å². The molecule has 70 valence electrons. The Morgan fingerprint density at radius 2 is 2.46 bits per heavy atom. The Balaban J connectivity index is 2.22. The lowest BCUT2D eigenvalue weighted by Gasteiger charge is -2.08. The van der Waals surface area contributed by atoms with Crippen molar-refractivity contribution < 1.29 is 9.90 Å². The summed E-state index contributed by atoms with van der Waals surface area (Å²) in [5.41, 5.74) is 5.30. The zero-order valence-corrected chi connectivity index (χ0v) is 6.77. The average Bonchev–Trinajstić information content (AvgIpc) is 2.58. The molecule has 1 aliphatic rings. The van der Waals surface area contributed by atoms with E-state index < -0.39 is 6.10 Å². The maximum absolute atomic E-state index is 11.2. The highest BCUT2D eigenvalue weighted by Gasteiger charge is 2.31. The summed E-state index contributed by atoms with van der Waals surface area (Å²) in [5, 5.41) is 15.3. The van der Waals surface area contributed by atoms with Gasteiger partial charge in [0.15, 0.2) is 0 Å². The first-order valence-corrected chi connectivity index (χ1v) is 3.83. The molecule has 0 spiro atoms. The summed E-state index contributed by atoms with van der Waals surface area (Å²) < 4.78 is 0. The number of nitrogens with two attached hydrogens (primary N) is 1. The van der Waals surface area contributed by atoms with E-state index in [0.717, 1.165) is 0 Å². The third kappa shape index (κ3) is 1.33. The van der Waals surface area contributed by atoms with Gasteiger partial charge >= 0.3 is 0 Å². The van der Waals surface area contributed by atoms with Gasteiger partial charge in [0.1, 0.15) is 0 Å². The largest absolute Gasteiger partial charge is 0.391 e. The van der Waals surface area contributed by atoms with E-state index in [2.05, 4.69) is 15.2 Å². The van der Waals surface area contributed by atoms with Gasteiger partial charge in [-0.15, -0.1) is 5.10 Å². The molecule has 1 unspecified atom stereocenters. The Morgan fingerprint density at radius 1 is 1.69 bits per heavy atom. The maximum atomic E-state index is 11.2. The fourth-order valence-electron chi connectivity index (χ4n) is 1.27. The molecule has 0 bridgehead atoms. The number of aromatic amines is 1. The van der Waals surface area contributed by atoms with Crippen LogP contribution in [0.4, 0.5) is 11.9 Å². The molecule has 1 aromatic heterocycles. The molecule has 0 aliphatic carbocycles. The number of hydrogen-bond acceptors (Lipinski definition) is 5. The Labute approximate surface area is 73.6 Å². The highest BCUT2D eigenvalue weighted by atomic mass is 16.3. The van der Waals surface area contributed by atoms with Crippen molar-refractivity contribution >= 4 is 17.8 Å². The van der Waals surface area contributed by atoms with Crippen molar-refractivity contribution in [1.82, 2.24) is 15.2 Å². The van der Waals surface area contributed by atoms with Crippen LogP contribution >= 0.6 is 0 Å². The molecule has 0 saturated carbocycles. The van der Waals surface area contributed by atoms with Crippen LogP contribution in [0, 0.1) is 0 Å². The molecule has 1 fully saturated rings. The third-order valence-corrected chi connectivity index (χ3v) is 1.84. The van der Waals surface area contributed by atoms with Gasteiger partial charge in [-0.25, -0.2) is 5.10 Å². The maximum Gasteiger partial charge on any atom is 0.253 e. The predicted molar refractivity (Wildman–Crippen MR) is 43.8 cm³/mol. The van der Waals surface area contributed by atoms with Crippen LogP contribution in [0.2, 0.25) is 0 Å². The molecule has 2 rings (SSSR count). The molecule has 7 heteroatoms. The van der Waals surface area contributed by atoms with Crippen molar-refractivity contribution in [3.8, 4) is 0 Å². The molecular weight excluding hydrogens is 174 g/mol. The Morgan fingerprint density at radius 3 is 2.92 bits per heavy atom. The van der Waals surface area contributed by atoms with Gasteiger partial charge in [-0.05, 0) is 0 Å². The molecule has 1 saturated heterocycles. The highest BCUT2D eigenvalue weighted by molar-refractivity contribution is 5.94. The molecule has 7 nitrogen and oxygen atoms in total. The number of rotatable bonds is 1. The molecule has 0 radical (unpaired) electrons. The summed E-state index contributed by atoms with van der Waals surface area (Å²) in [6.07, 6.45) is -0.513. The number of nitrogen functional groups attached to an aromatic ring is 1. The number of hydrogen-bond donors (Lipinski definition) is 3. The van der Waals surface area contributed by atoms with Gasteiger partial charge in [-0.2, -0.15) is 4.98 Å². The predicted octanol–water partition coefficient (Wildman–Crippen LogP) is -1.52. The van der Waals surface area contributed by atoms with Gasteiger partial charge in [0.05, 0.1) is 19.1 Å². The van der Waals surface area contributed by atoms with E-state index in [1.54, 1.807) is 0 Å². The minimum absolute atomic E-state index is 0.119. The molecule has 1 atom stereocenters. The second-order valence-electron chi connectivity index (χ2n) is 2.88. The number of nitrogens with one attached hydrogen (secondary N) is 1. The van der Waals surface area contributed by atoms with E-state index >= 15 is 0 Å². The zero-order chi connectivity index (χ0) is 9.42. The number of aliphatic hydroxyl groups is 1. The number of aromatic nitrogens is 3. The fourth-order valence-corrected chi connectivity index (χ4v) is 1.27. The summed E-state index contributed by atoms with van der Waals surface area (Å²) in [6.45, 7) is 0.232. The fraction of sp³-hybridized carbons (Fsp3) is 0.500. The Hall–Kier alpha value is -1.63. The van der Waals surface area contributed by atoms with Crippen molar-refractivity contribution in [2.45, 2.75) is 12.5 Å². The monoisotopic (exact) mass is 183 g/mol. The number of β-amino-alcohol motifs (C(OH)–C–C–N with tert-alkyl or cyclic N) is 1. The van der Waals surface area contributed by atoms with E-state index in [9.17, 15) is 9.90 Å². The standard InChI is InChI=1S/C6H9N5O2/c7-5-8-6(10-9-5)11-2-3(12)1-4(11)13/h3,12H,1-2H2,(H3,7,8,9,10). The van der Waals surface area contributed by atoms with Gasteiger partial charge in [-0.3, -0.25) is 9.69 Å².